The Bertz CT molecular complexity index is 568. The molecule has 1 N–H and O–H groups in total. The molecule has 1 fully saturated rings. The first-order chi connectivity index (χ1) is 9.81. The van der Waals surface area contributed by atoms with Gasteiger partial charge in [-0.25, -0.2) is 13.2 Å². The van der Waals surface area contributed by atoms with Crippen molar-refractivity contribution < 1.29 is 27.9 Å². The average Bonchev–Trinajstić information content (AvgIpc) is 2.43. The fourth-order valence-corrected chi connectivity index (χ4v) is 2.44. The van der Waals surface area contributed by atoms with Crippen LogP contribution in [-0.4, -0.2) is 34.5 Å². The molecule has 1 amide bonds. The summed E-state index contributed by atoms with van der Waals surface area (Å²) >= 11 is 0. The van der Waals surface area contributed by atoms with E-state index >= 15 is 0 Å². The summed E-state index contributed by atoms with van der Waals surface area (Å²) in [5.41, 5.74) is -0.329. The molecule has 0 saturated carbocycles. The third-order valence-electron chi connectivity index (χ3n) is 3.72. The van der Waals surface area contributed by atoms with Crippen LogP contribution in [0, 0.1) is 23.4 Å². The minimum atomic E-state index is -1.64. The van der Waals surface area contributed by atoms with Crippen molar-refractivity contribution in [1.82, 2.24) is 4.90 Å². The Hall–Kier alpha value is -2.05. The fraction of sp³-hybridized carbons (Fsp3) is 0.429. The van der Waals surface area contributed by atoms with E-state index in [0.29, 0.717) is 25.0 Å². The predicted molar refractivity (Wildman–Crippen MR) is 67.2 cm³/mol. The number of hydrogen-bond acceptors (Lipinski definition) is 2. The van der Waals surface area contributed by atoms with Crippen molar-refractivity contribution in [2.45, 2.75) is 25.8 Å². The van der Waals surface area contributed by atoms with Crippen LogP contribution in [-0.2, 0) is 4.79 Å². The molecular formula is C14H14F3NO3. The molecule has 1 aliphatic rings. The molecule has 0 bridgehead atoms. The first-order valence-corrected chi connectivity index (χ1v) is 6.49. The van der Waals surface area contributed by atoms with Gasteiger partial charge in [-0.2, -0.15) is 0 Å². The van der Waals surface area contributed by atoms with E-state index in [4.69, 9.17) is 5.11 Å². The molecule has 2 atom stereocenters. The lowest BCUT2D eigenvalue weighted by molar-refractivity contribution is -0.143. The van der Waals surface area contributed by atoms with E-state index in [1.165, 1.54) is 4.90 Å². The highest BCUT2D eigenvalue weighted by atomic mass is 19.2. The maximum Gasteiger partial charge on any atom is 0.308 e. The maximum absolute atomic E-state index is 13.2. The maximum atomic E-state index is 13.2. The number of benzene rings is 1. The van der Waals surface area contributed by atoms with E-state index in [1.807, 2.05) is 0 Å². The summed E-state index contributed by atoms with van der Waals surface area (Å²) in [4.78, 5) is 24.5. The van der Waals surface area contributed by atoms with Crippen molar-refractivity contribution in [2.24, 2.45) is 5.92 Å². The lowest BCUT2D eigenvalue weighted by atomic mass is 9.93. The minimum Gasteiger partial charge on any atom is -0.481 e. The van der Waals surface area contributed by atoms with Crippen molar-refractivity contribution >= 4 is 11.9 Å². The van der Waals surface area contributed by atoms with E-state index in [-0.39, 0.29) is 18.2 Å². The van der Waals surface area contributed by atoms with Crippen LogP contribution in [0.25, 0.3) is 0 Å². The number of carboxylic acid groups (broad SMARTS) is 1. The van der Waals surface area contributed by atoms with Gasteiger partial charge in [-0.3, -0.25) is 9.59 Å². The molecule has 0 aliphatic carbocycles. The normalized spacial score (nSPS) is 22.2. The fourth-order valence-electron chi connectivity index (χ4n) is 2.44. The van der Waals surface area contributed by atoms with Gasteiger partial charge in [0.25, 0.3) is 5.91 Å². The lowest BCUT2D eigenvalue weighted by Crippen LogP contribution is -2.47. The molecule has 114 valence electrons. The summed E-state index contributed by atoms with van der Waals surface area (Å²) < 4.78 is 39.3. The van der Waals surface area contributed by atoms with Gasteiger partial charge >= 0.3 is 5.97 Å². The zero-order valence-electron chi connectivity index (χ0n) is 11.3. The van der Waals surface area contributed by atoms with Gasteiger partial charge < -0.3 is 10.0 Å². The molecule has 1 aromatic rings. The number of piperidine rings is 1. The van der Waals surface area contributed by atoms with Crippen LogP contribution in [0.2, 0.25) is 0 Å². The molecule has 4 nitrogen and oxygen atoms in total. The zero-order valence-corrected chi connectivity index (χ0v) is 11.3. The summed E-state index contributed by atoms with van der Waals surface area (Å²) in [6.07, 6.45) is 0.918. The first kappa shape index (κ1) is 15.3. The van der Waals surface area contributed by atoms with Gasteiger partial charge in [-0.15, -0.1) is 0 Å². The number of likely N-dealkylation sites (tertiary alicyclic amines) is 1. The van der Waals surface area contributed by atoms with E-state index in [2.05, 4.69) is 0 Å². The SMILES string of the molecule is CC1CCC(C(=O)O)CN1C(=O)c1cc(F)c(F)c(F)c1. The van der Waals surface area contributed by atoms with Crippen LogP contribution in [0.1, 0.15) is 30.1 Å². The molecule has 0 radical (unpaired) electrons. The second kappa shape index (κ2) is 5.75. The largest absolute Gasteiger partial charge is 0.481 e. The van der Waals surface area contributed by atoms with E-state index in [1.54, 1.807) is 6.92 Å². The number of carbonyl (C=O) groups is 2. The van der Waals surface area contributed by atoms with Crippen molar-refractivity contribution in [1.29, 1.82) is 0 Å². The van der Waals surface area contributed by atoms with Gasteiger partial charge in [0, 0.05) is 18.2 Å². The van der Waals surface area contributed by atoms with E-state index in [0.717, 1.165) is 0 Å². The summed E-state index contributed by atoms with van der Waals surface area (Å²) in [6, 6.07) is 1.000. The summed E-state index contributed by atoms with van der Waals surface area (Å²) in [6.45, 7) is 1.70. The summed E-state index contributed by atoms with van der Waals surface area (Å²) in [7, 11) is 0. The van der Waals surface area contributed by atoms with Crippen LogP contribution in [0.5, 0.6) is 0 Å². The molecule has 2 rings (SSSR count). The smallest absolute Gasteiger partial charge is 0.308 e. The molecule has 1 heterocycles. The minimum absolute atomic E-state index is 0.0318. The van der Waals surface area contributed by atoms with Gasteiger partial charge in [0.15, 0.2) is 17.5 Å². The van der Waals surface area contributed by atoms with E-state index < -0.39 is 35.2 Å². The number of aliphatic carboxylic acids is 1. The van der Waals surface area contributed by atoms with Crippen LogP contribution in [0.15, 0.2) is 12.1 Å². The molecule has 2 unspecified atom stereocenters. The van der Waals surface area contributed by atoms with Crippen molar-refractivity contribution in [2.75, 3.05) is 6.54 Å². The molecule has 1 aromatic carbocycles. The topological polar surface area (TPSA) is 57.6 Å². The number of amides is 1. The first-order valence-electron chi connectivity index (χ1n) is 6.49. The number of halogens is 3. The highest BCUT2D eigenvalue weighted by molar-refractivity contribution is 5.94. The Labute approximate surface area is 119 Å². The third-order valence-corrected chi connectivity index (χ3v) is 3.72. The monoisotopic (exact) mass is 301 g/mol. The van der Waals surface area contributed by atoms with Crippen molar-refractivity contribution in [3.63, 3.8) is 0 Å². The number of rotatable bonds is 2. The second-order valence-electron chi connectivity index (χ2n) is 5.17. The molecule has 7 heteroatoms. The number of hydrogen-bond donors (Lipinski definition) is 1. The zero-order chi connectivity index (χ0) is 15.7. The molecule has 0 aromatic heterocycles. The third kappa shape index (κ3) is 3.01. The highest BCUT2D eigenvalue weighted by Crippen LogP contribution is 2.25. The molecule has 21 heavy (non-hydrogen) atoms. The Kier molecular flexibility index (Phi) is 4.20. The van der Waals surface area contributed by atoms with Crippen LogP contribution in [0.3, 0.4) is 0 Å². The van der Waals surface area contributed by atoms with Gasteiger partial charge in [0.05, 0.1) is 5.92 Å². The average molecular weight is 301 g/mol. The molecule has 0 spiro atoms. The van der Waals surface area contributed by atoms with Crippen molar-refractivity contribution in [3.05, 3.63) is 35.1 Å². The van der Waals surface area contributed by atoms with Crippen LogP contribution < -0.4 is 0 Å². The molecular weight excluding hydrogens is 287 g/mol. The standard InChI is InChI=1S/C14H14F3NO3/c1-7-2-3-8(14(20)21)6-18(7)13(19)9-4-10(15)12(17)11(16)5-9/h4-5,7-8H,2-3,6H2,1H3,(H,20,21). The highest BCUT2D eigenvalue weighted by Gasteiger charge is 2.33. The van der Waals surface area contributed by atoms with Gasteiger partial charge in [-0.1, -0.05) is 0 Å². The Morgan fingerprint density at radius 3 is 2.29 bits per heavy atom. The number of carbonyl (C=O) groups excluding carboxylic acids is 1. The predicted octanol–water partition coefficient (Wildman–Crippen LogP) is 2.43. The lowest BCUT2D eigenvalue weighted by Gasteiger charge is -2.36. The molecule has 1 saturated heterocycles. The van der Waals surface area contributed by atoms with Crippen LogP contribution in [0.4, 0.5) is 13.2 Å². The molecule has 1 aliphatic heterocycles. The quantitative estimate of drug-likeness (QED) is 0.854. The Morgan fingerprint density at radius 2 is 1.76 bits per heavy atom. The Morgan fingerprint density at radius 1 is 1.19 bits per heavy atom. The van der Waals surface area contributed by atoms with Gasteiger partial charge in [0.2, 0.25) is 0 Å². The Balaban J connectivity index is 2.27. The summed E-state index contributed by atoms with van der Waals surface area (Å²) in [5.74, 6) is -6.96. The number of nitrogens with zero attached hydrogens (tertiary/aromatic N) is 1. The second-order valence-corrected chi connectivity index (χ2v) is 5.17. The number of carboxylic acids is 1. The van der Waals surface area contributed by atoms with Crippen molar-refractivity contribution in [3.8, 4) is 0 Å². The van der Waals surface area contributed by atoms with E-state index in [9.17, 15) is 22.8 Å². The summed E-state index contributed by atoms with van der Waals surface area (Å²) in [5, 5.41) is 9.01. The van der Waals surface area contributed by atoms with Gasteiger partial charge in [-0.05, 0) is 31.9 Å². The van der Waals surface area contributed by atoms with Gasteiger partial charge in [0.1, 0.15) is 0 Å². The van der Waals surface area contributed by atoms with Crippen LogP contribution >= 0.6 is 0 Å².